The number of imidazole rings is 1. The van der Waals surface area contributed by atoms with Crippen LogP contribution in [-0.2, 0) is 11.8 Å². The van der Waals surface area contributed by atoms with E-state index in [4.69, 9.17) is 0 Å². The van der Waals surface area contributed by atoms with Crippen LogP contribution in [0.4, 0.5) is 5.82 Å². The lowest BCUT2D eigenvalue weighted by molar-refractivity contribution is -0.559. The number of hydrogen-bond donors (Lipinski definition) is 0. The largest absolute Gasteiger partial charge is 0.358 e. The molecule has 0 aliphatic carbocycles. The second-order valence-corrected chi connectivity index (χ2v) is 4.87. The normalized spacial score (nSPS) is 12.2. The molecule has 0 saturated heterocycles. The van der Waals surface area contributed by atoms with Crippen LogP contribution in [0.3, 0.4) is 0 Å². The van der Waals surface area contributed by atoms with Gasteiger partial charge in [0.25, 0.3) is 0 Å². The first kappa shape index (κ1) is 15.5. The van der Waals surface area contributed by atoms with Crippen molar-refractivity contribution in [3.8, 4) is 0 Å². The van der Waals surface area contributed by atoms with Gasteiger partial charge in [0.2, 0.25) is 11.4 Å². The summed E-state index contributed by atoms with van der Waals surface area (Å²) in [6, 6.07) is 0. The highest BCUT2D eigenvalue weighted by Gasteiger charge is 2.32. The molecule has 108 valence electrons. The van der Waals surface area contributed by atoms with Crippen molar-refractivity contribution in [3.63, 3.8) is 0 Å². The van der Waals surface area contributed by atoms with E-state index < -0.39 is 15.4 Å². The second-order valence-electron chi connectivity index (χ2n) is 4.87. The van der Waals surface area contributed by atoms with E-state index in [0.717, 1.165) is 6.20 Å². The van der Waals surface area contributed by atoms with Crippen molar-refractivity contribution < 1.29 is 14.6 Å². The number of carbonyl (C=O) groups excluding carboxylic acids is 1. The topological polar surface area (TPSA) is 121 Å². The first-order valence-electron chi connectivity index (χ1n) is 5.65. The fourth-order valence-electron chi connectivity index (χ4n) is 1.57. The molecule has 0 radical (unpaired) electrons. The second kappa shape index (κ2) is 5.59. The third-order valence-corrected chi connectivity index (χ3v) is 2.78. The summed E-state index contributed by atoms with van der Waals surface area (Å²) < 4.78 is 1.20. The van der Waals surface area contributed by atoms with Crippen molar-refractivity contribution in [1.29, 1.82) is 0 Å². The Morgan fingerprint density at radius 2 is 2.05 bits per heavy atom. The summed E-state index contributed by atoms with van der Waals surface area (Å²) in [7, 11) is 1.43. The van der Waals surface area contributed by atoms with Crippen molar-refractivity contribution in [2.24, 2.45) is 7.05 Å². The van der Waals surface area contributed by atoms with Gasteiger partial charge in [-0.1, -0.05) is 0 Å². The Morgan fingerprint density at radius 3 is 2.45 bits per heavy atom. The fraction of sp³-hybridized carbons (Fsp3) is 0.455. The van der Waals surface area contributed by atoms with Gasteiger partial charge in [-0.15, -0.1) is 0 Å². The number of aldehydes is 1. The maximum Gasteiger partial charge on any atom is 0.342 e. The molecule has 1 aromatic rings. The average molecular weight is 282 g/mol. The average Bonchev–Trinajstić information content (AvgIpc) is 2.69. The number of hydrogen-bond acceptors (Lipinski definition) is 6. The monoisotopic (exact) mass is 282 g/mol. The smallest absolute Gasteiger partial charge is 0.342 e. The van der Waals surface area contributed by atoms with Gasteiger partial charge in [-0.25, -0.2) is 9.55 Å². The predicted molar refractivity (Wildman–Crippen MR) is 69.6 cm³/mol. The molecule has 0 saturated carbocycles. The molecule has 20 heavy (non-hydrogen) atoms. The molecule has 0 spiro atoms. The minimum atomic E-state index is -1.30. The highest BCUT2D eigenvalue weighted by Crippen LogP contribution is 2.21. The van der Waals surface area contributed by atoms with Gasteiger partial charge in [0, 0.05) is 36.8 Å². The van der Waals surface area contributed by atoms with Gasteiger partial charge in [-0.2, -0.15) is 0 Å². The van der Waals surface area contributed by atoms with Crippen LogP contribution in [0.1, 0.15) is 26.1 Å². The molecule has 0 aliphatic rings. The molecule has 9 heteroatoms. The molecular formula is C11H14N4O5. The summed E-state index contributed by atoms with van der Waals surface area (Å²) in [5.41, 5.74) is -1.15. The van der Waals surface area contributed by atoms with E-state index in [9.17, 15) is 25.0 Å². The number of aromatic nitrogens is 2. The van der Waals surface area contributed by atoms with Crippen molar-refractivity contribution in [3.05, 3.63) is 37.8 Å². The molecule has 0 unspecified atom stereocenters. The molecule has 0 amide bonds. The van der Waals surface area contributed by atoms with E-state index in [-0.39, 0.29) is 23.6 Å². The lowest BCUT2D eigenvalue weighted by Gasteiger charge is -2.14. The van der Waals surface area contributed by atoms with E-state index >= 15 is 0 Å². The Hall–Kier alpha value is -2.58. The van der Waals surface area contributed by atoms with Crippen LogP contribution in [0.25, 0.3) is 6.08 Å². The predicted octanol–water partition coefficient (Wildman–Crippen LogP) is 1.36. The van der Waals surface area contributed by atoms with Crippen molar-refractivity contribution in [2.75, 3.05) is 0 Å². The minimum absolute atomic E-state index is 0.0931. The van der Waals surface area contributed by atoms with E-state index in [1.54, 1.807) is 0 Å². The molecule has 0 N–H and O–H groups in total. The van der Waals surface area contributed by atoms with E-state index in [0.29, 0.717) is 6.29 Å². The number of rotatable bonds is 6. The van der Waals surface area contributed by atoms with Gasteiger partial charge in [-0.05, 0) is 4.92 Å². The van der Waals surface area contributed by atoms with Gasteiger partial charge in [0.15, 0.2) is 0 Å². The molecule has 0 aromatic carbocycles. The number of nitrogens with zero attached hydrogens (tertiary/aromatic N) is 4. The van der Waals surface area contributed by atoms with Crippen LogP contribution in [0, 0.1) is 20.2 Å². The molecule has 1 rings (SSSR count). The molecule has 1 heterocycles. The van der Waals surface area contributed by atoms with Gasteiger partial charge in [0.1, 0.15) is 12.5 Å². The molecule has 0 bridgehead atoms. The van der Waals surface area contributed by atoms with Crippen LogP contribution in [0.15, 0.2) is 11.8 Å². The summed E-state index contributed by atoms with van der Waals surface area (Å²) in [4.78, 5) is 35.2. The third kappa shape index (κ3) is 3.25. The highest BCUT2D eigenvalue weighted by molar-refractivity contribution is 5.81. The maximum atomic E-state index is 11.0. The van der Waals surface area contributed by atoms with Crippen molar-refractivity contribution in [1.82, 2.24) is 9.55 Å². The van der Waals surface area contributed by atoms with Crippen LogP contribution < -0.4 is 0 Å². The van der Waals surface area contributed by atoms with Crippen LogP contribution in [0.5, 0.6) is 0 Å². The van der Waals surface area contributed by atoms with Crippen molar-refractivity contribution in [2.45, 2.75) is 25.8 Å². The lowest BCUT2D eigenvalue weighted by Crippen LogP contribution is -2.31. The zero-order valence-electron chi connectivity index (χ0n) is 11.3. The number of carbonyl (C=O) groups is 1. The van der Waals surface area contributed by atoms with Crippen LogP contribution in [-0.4, -0.2) is 31.2 Å². The summed E-state index contributed by atoms with van der Waals surface area (Å²) in [6.07, 6.45) is 2.77. The van der Waals surface area contributed by atoms with E-state index in [1.165, 1.54) is 31.5 Å². The van der Waals surface area contributed by atoms with Gasteiger partial charge >= 0.3 is 5.82 Å². The number of nitro groups is 2. The van der Waals surface area contributed by atoms with Crippen molar-refractivity contribution >= 4 is 18.2 Å². The SMILES string of the molecule is Cn1c([N+](=O)[O-])cnc1/C=C(\C=O)CC(C)(C)[N+](=O)[O-]. The Morgan fingerprint density at radius 1 is 1.45 bits per heavy atom. The summed E-state index contributed by atoms with van der Waals surface area (Å²) in [5.74, 6) is -0.0343. The highest BCUT2D eigenvalue weighted by atomic mass is 16.6. The zero-order chi connectivity index (χ0) is 15.5. The summed E-state index contributed by atoms with van der Waals surface area (Å²) >= 11 is 0. The Labute approximate surface area is 114 Å². The Kier molecular flexibility index (Phi) is 4.33. The quantitative estimate of drug-likeness (QED) is 0.336. The van der Waals surface area contributed by atoms with E-state index in [2.05, 4.69) is 4.98 Å². The fourth-order valence-corrected chi connectivity index (χ4v) is 1.57. The summed E-state index contributed by atoms with van der Waals surface area (Å²) in [5, 5.41) is 21.5. The molecule has 0 fully saturated rings. The van der Waals surface area contributed by atoms with Crippen LogP contribution in [0.2, 0.25) is 0 Å². The van der Waals surface area contributed by atoms with Gasteiger partial charge < -0.3 is 10.1 Å². The maximum absolute atomic E-state index is 11.0. The molecule has 9 nitrogen and oxygen atoms in total. The Balaban J connectivity index is 3.10. The Bertz CT molecular complexity index is 588. The first-order valence-corrected chi connectivity index (χ1v) is 5.65. The molecular weight excluding hydrogens is 268 g/mol. The first-order chi connectivity index (χ1) is 9.19. The molecule has 0 atom stereocenters. The summed E-state index contributed by atoms with van der Waals surface area (Å²) in [6.45, 7) is 2.79. The van der Waals surface area contributed by atoms with Crippen LogP contribution >= 0.6 is 0 Å². The minimum Gasteiger partial charge on any atom is -0.358 e. The van der Waals surface area contributed by atoms with Gasteiger partial charge in [-0.3, -0.25) is 14.9 Å². The van der Waals surface area contributed by atoms with Gasteiger partial charge in [0.05, 0.1) is 7.05 Å². The standard InChI is InChI=1S/C11H14N4O5/c1-11(2,15(19)20)5-8(7-16)4-9-12-6-10(13(9)3)14(17)18/h4,6-7H,5H2,1-3H3/b8-4-. The van der Waals surface area contributed by atoms with E-state index in [1.807, 2.05) is 0 Å². The molecule has 1 aromatic heterocycles. The third-order valence-electron chi connectivity index (χ3n) is 2.78. The zero-order valence-corrected chi connectivity index (χ0v) is 11.3. The lowest BCUT2D eigenvalue weighted by atomic mass is 9.96. The molecule has 0 aliphatic heterocycles.